The van der Waals surface area contributed by atoms with Gasteiger partial charge in [-0.3, -0.25) is 28.8 Å². The maximum Gasteiger partial charge on any atom is 0.490 e. The Morgan fingerprint density at radius 2 is 1.27 bits per heavy atom. The number of carbonyl (C=O) groups is 8. The predicted octanol–water partition coefficient (Wildman–Crippen LogP) is -0.0329. The Kier molecular flexibility index (Phi) is 22.6. The van der Waals surface area contributed by atoms with Crippen LogP contribution in [-0.4, -0.2) is 130 Å². The van der Waals surface area contributed by atoms with Crippen LogP contribution in [0.1, 0.15) is 50.2 Å². The second-order valence-corrected chi connectivity index (χ2v) is 13.8. The zero-order chi connectivity index (χ0) is 48.1. The van der Waals surface area contributed by atoms with Gasteiger partial charge in [-0.15, -0.1) is 0 Å². The summed E-state index contributed by atoms with van der Waals surface area (Å²) < 4.78 is 63.5. The van der Waals surface area contributed by atoms with Crippen molar-refractivity contribution in [3.05, 3.63) is 65.7 Å². The van der Waals surface area contributed by atoms with E-state index in [0.717, 1.165) is 5.56 Å². The van der Waals surface area contributed by atoms with Gasteiger partial charge in [-0.25, -0.2) is 9.59 Å². The topological polar surface area (TPSA) is 327 Å². The van der Waals surface area contributed by atoms with Gasteiger partial charge in [0.1, 0.15) is 29.9 Å². The fourth-order valence-corrected chi connectivity index (χ4v) is 5.51. The van der Waals surface area contributed by atoms with Crippen molar-refractivity contribution in [2.75, 3.05) is 19.6 Å². The molecule has 2 aromatic carbocycles. The molecule has 3 rings (SSSR count). The molecule has 1 fully saturated rings. The number of nitrogens with zero attached hydrogens (tertiary/aromatic N) is 1. The number of rotatable bonds is 18. The highest BCUT2D eigenvalue weighted by Gasteiger charge is 2.40. The number of phenolic OH excluding ortho intramolecular Hbond substituents is 1. The zero-order valence-corrected chi connectivity index (χ0v) is 33.7. The maximum absolute atomic E-state index is 13.7. The minimum Gasteiger partial charge on any atom is -0.508 e. The number of aromatic hydroxyl groups is 1. The van der Waals surface area contributed by atoms with E-state index in [0.29, 0.717) is 37.8 Å². The third-order valence-electron chi connectivity index (χ3n) is 8.69. The van der Waals surface area contributed by atoms with Crippen LogP contribution < -0.4 is 38.5 Å². The molecule has 0 saturated carbocycles. The van der Waals surface area contributed by atoms with Crippen LogP contribution in [0.3, 0.4) is 0 Å². The number of phenols is 1. The molecule has 5 atom stereocenters. The van der Waals surface area contributed by atoms with Crippen molar-refractivity contribution in [3.8, 4) is 5.75 Å². The molecule has 1 aliphatic rings. The number of unbranched alkanes of at least 4 members (excludes halogenated alkanes) is 1. The number of carboxylic acids is 2. The van der Waals surface area contributed by atoms with E-state index in [1.54, 1.807) is 36.4 Å². The summed E-state index contributed by atoms with van der Waals surface area (Å²) in [6, 6.07) is 10.4. The summed E-state index contributed by atoms with van der Waals surface area (Å²) in [6.45, 7) is 1.66. The highest BCUT2D eigenvalue weighted by atomic mass is 19.4. The molecule has 19 nitrogen and oxygen atoms in total. The first-order chi connectivity index (χ1) is 29.3. The normalized spacial score (nSPS) is 15.3. The van der Waals surface area contributed by atoms with E-state index in [1.807, 2.05) is 6.07 Å². The minimum atomic E-state index is -5.08. The Morgan fingerprint density at radius 1 is 0.762 bits per heavy atom. The van der Waals surface area contributed by atoms with Crippen LogP contribution >= 0.6 is 0 Å². The van der Waals surface area contributed by atoms with E-state index in [2.05, 4.69) is 21.3 Å². The smallest absolute Gasteiger partial charge is 0.490 e. The monoisotopic (exact) mass is 908 g/mol. The summed E-state index contributed by atoms with van der Waals surface area (Å²) in [5, 5.41) is 34.4. The van der Waals surface area contributed by atoms with Crippen molar-refractivity contribution in [1.82, 2.24) is 26.2 Å². The lowest BCUT2D eigenvalue weighted by atomic mass is 10.0. The molecular formula is C38H50F6N8O11. The van der Waals surface area contributed by atoms with E-state index >= 15 is 0 Å². The third kappa shape index (κ3) is 20.7. The minimum absolute atomic E-state index is 0.0481. The molecule has 13 N–H and O–H groups in total. The number of carbonyl (C=O) groups excluding carboxylic acids is 6. The van der Waals surface area contributed by atoms with Crippen LogP contribution in [-0.2, 0) is 51.2 Å². The van der Waals surface area contributed by atoms with Gasteiger partial charge >= 0.3 is 24.3 Å². The van der Waals surface area contributed by atoms with Gasteiger partial charge in [0.15, 0.2) is 0 Å². The molecule has 0 unspecified atom stereocenters. The van der Waals surface area contributed by atoms with Crippen molar-refractivity contribution in [2.45, 2.75) is 94.4 Å². The lowest BCUT2D eigenvalue weighted by molar-refractivity contribution is -0.193. The highest BCUT2D eigenvalue weighted by molar-refractivity contribution is 5.96. The molecule has 6 amide bonds. The second-order valence-electron chi connectivity index (χ2n) is 13.8. The first kappa shape index (κ1) is 54.5. The first-order valence-corrected chi connectivity index (χ1v) is 18.9. The fraction of sp³-hybridized carbons (Fsp3) is 0.474. The second kappa shape index (κ2) is 26.1. The number of nitrogens with two attached hydrogens (primary N) is 3. The summed E-state index contributed by atoms with van der Waals surface area (Å²) in [4.78, 5) is 97.0. The van der Waals surface area contributed by atoms with E-state index in [4.69, 9.17) is 37.0 Å². The molecular weight excluding hydrogens is 858 g/mol. The van der Waals surface area contributed by atoms with Crippen LogP contribution in [0.15, 0.2) is 54.6 Å². The van der Waals surface area contributed by atoms with Crippen LogP contribution in [0.4, 0.5) is 26.3 Å². The summed E-state index contributed by atoms with van der Waals surface area (Å²) in [5.41, 5.74) is 18.4. The summed E-state index contributed by atoms with van der Waals surface area (Å²) in [7, 11) is 0. The van der Waals surface area contributed by atoms with Crippen LogP contribution in [0.5, 0.6) is 5.75 Å². The molecule has 1 heterocycles. The molecule has 0 aliphatic carbocycles. The van der Waals surface area contributed by atoms with Gasteiger partial charge in [0.25, 0.3) is 0 Å². The quantitative estimate of drug-likeness (QED) is 0.0695. The van der Waals surface area contributed by atoms with Crippen molar-refractivity contribution in [3.63, 3.8) is 0 Å². The molecule has 2 aromatic rings. The molecule has 25 heteroatoms. The number of alkyl halides is 6. The number of nitrogens with one attached hydrogen (secondary N) is 4. The predicted molar refractivity (Wildman–Crippen MR) is 209 cm³/mol. The van der Waals surface area contributed by atoms with E-state index in [-0.39, 0.29) is 31.6 Å². The average molecular weight is 909 g/mol. The Hall–Kier alpha value is -6.50. The van der Waals surface area contributed by atoms with Gasteiger partial charge in [-0.1, -0.05) is 42.5 Å². The zero-order valence-electron chi connectivity index (χ0n) is 33.7. The number of aliphatic carboxylic acids is 2. The Morgan fingerprint density at radius 3 is 1.76 bits per heavy atom. The number of benzene rings is 2. The average Bonchev–Trinajstić information content (AvgIpc) is 3.70. The number of likely N-dealkylation sites (tertiary alicyclic amines) is 1. The van der Waals surface area contributed by atoms with Gasteiger partial charge < -0.3 is 58.7 Å². The first-order valence-electron chi connectivity index (χ1n) is 18.9. The van der Waals surface area contributed by atoms with Crippen LogP contribution in [0.2, 0.25) is 0 Å². The van der Waals surface area contributed by atoms with Gasteiger partial charge in [-0.05, 0) is 68.8 Å². The van der Waals surface area contributed by atoms with Gasteiger partial charge in [0.2, 0.25) is 35.4 Å². The standard InChI is InChI=1S/C34H48N8O7.2C2HF3O2/c1-21(36)31(46)41-27(19-23-12-14-24(43)15-13-23)34(49)42-17-7-11-28(42)33(48)38-20-29(44)39-25(10-5-6-16-35)32(47)40-26(30(37)45)18-22-8-3-2-4-9-22;2*3-2(4,5)1(6)7/h2-4,8-9,12-15,21,25-28,43H,5-7,10-11,16-20,35-36H2,1H3,(H2,37,45)(H,38,48)(H,39,44)(H,40,47)(H,41,46);2*(H,6,7)/t21-,25-,26-,27-,28-;;/m0../s1. The van der Waals surface area contributed by atoms with Crippen molar-refractivity contribution >= 4 is 47.4 Å². The molecule has 1 saturated heterocycles. The number of halogens is 6. The molecule has 0 radical (unpaired) electrons. The highest BCUT2D eigenvalue weighted by Crippen LogP contribution is 2.21. The molecule has 0 spiro atoms. The van der Waals surface area contributed by atoms with E-state index < -0.39 is 96.5 Å². The number of amides is 6. The Labute approximate surface area is 356 Å². The Bertz CT molecular complexity index is 1830. The fourth-order valence-electron chi connectivity index (χ4n) is 5.51. The van der Waals surface area contributed by atoms with Crippen molar-refractivity contribution < 1.29 is 80.0 Å². The summed E-state index contributed by atoms with van der Waals surface area (Å²) in [6.07, 6.45) is -7.68. The number of hydrogen-bond acceptors (Lipinski definition) is 11. The van der Waals surface area contributed by atoms with Crippen LogP contribution in [0, 0.1) is 0 Å². The molecule has 63 heavy (non-hydrogen) atoms. The van der Waals surface area contributed by atoms with Gasteiger partial charge in [0.05, 0.1) is 12.6 Å². The SMILES string of the molecule is C[C@H](N)C(=O)N[C@@H](Cc1ccc(O)cc1)C(=O)N1CCC[C@H]1C(=O)NCC(=O)N[C@@H](CCCCN)C(=O)N[C@@H](Cc1ccccc1)C(N)=O.O=C(O)C(F)(F)F.O=C(O)C(F)(F)F. The Balaban J connectivity index is 0.00000121. The van der Waals surface area contributed by atoms with Gasteiger partial charge in [0, 0.05) is 19.4 Å². The molecule has 0 aromatic heterocycles. The summed E-state index contributed by atoms with van der Waals surface area (Å²) in [5.74, 6) is -9.03. The molecule has 0 bridgehead atoms. The summed E-state index contributed by atoms with van der Waals surface area (Å²) >= 11 is 0. The number of hydrogen-bond donors (Lipinski definition) is 10. The van der Waals surface area contributed by atoms with Crippen molar-refractivity contribution in [1.29, 1.82) is 0 Å². The third-order valence-corrected chi connectivity index (χ3v) is 8.69. The van der Waals surface area contributed by atoms with Crippen molar-refractivity contribution in [2.24, 2.45) is 17.2 Å². The van der Waals surface area contributed by atoms with E-state index in [9.17, 15) is 60.2 Å². The van der Waals surface area contributed by atoms with Crippen LogP contribution in [0.25, 0.3) is 0 Å². The van der Waals surface area contributed by atoms with Gasteiger partial charge in [-0.2, -0.15) is 26.3 Å². The number of primary amides is 1. The largest absolute Gasteiger partial charge is 0.508 e. The maximum atomic E-state index is 13.7. The molecule has 350 valence electrons. The molecule has 1 aliphatic heterocycles. The lowest BCUT2D eigenvalue weighted by Gasteiger charge is -2.29. The lowest BCUT2D eigenvalue weighted by Crippen LogP contribution is -2.57. The van der Waals surface area contributed by atoms with E-state index in [1.165, 1.54) is 24.0 Å². The number of carboxylic acid groups (broad SMARTS) is 2.